The molecule has 0 radical (unpaired) electrons. The molecule has 3 atom stereocenters. The van der Waals surface area contributed by atoms with Gasteiger partial charge in [0.1, 0.15) is 0 Å². The minimum absolute atomic E-state index is 0.0443. The summed E-state index contributed by atoms with van der Waals surface area (Å²) in [4.78, 5) is 36.9. The first-order valence-corrected chi connectivity index (χ1v) is 7.13. The molecule has 0 spiro atoms. The molecule has 0 N–H and O–H groups in total. The van der Waals surface area contributed by atoms with Crippen molar-refractivity contribution in [3.8, 4) is 0 Å². The van der Waals surface area contributed by atoms with E-state index in [9.17, 15) is 19.5 Å². The first-order chi connectivity index (χ1) is 9.32. The van der Waals surface area contributed by atoms with Gasteiger partial charge in [0.05, 0.1) is 23.8 Å². The number of amides is 2. The molecule has 20 heavy (non-hydrogen) atoms. The molecule has 0 aromatic heterocycles. The van der Waals surface area contributed by atoms with Gasteiger partial charge in [0.25, 0.3) is 0 Å². The Hall–Kier alpha value is -1.36. The van der Waals surface area contributed by atoms with Crippen molar-refractivity contribution >= 4 is 29.4 Å². The molecule has 0 aromatic rings. The first kappa shape index (κ1) is 15.0. The fraction of sp³-hybridized carbons (Fsp3) is 0.643. The largest absolute Gasteiger partial charge is 0.548 e. The standard InChI is InChI=1S/C14H18ClNO4/c1-7(2)5-11(14(19)20)16-12(17)9-4-3-8(15)6-10(9)13(16)18/h3,7,9-11H,4-6H2,1-2H3,(H,19,20)/p-1/t9-,10-,11+/m0/s1. The van der Waals surface area contributed by atoms with Gasteiger partial charge in [-0.15, -0.1) is 0 Å². The summed E-state index contributed by atoms with van der Waals surface area (Å²) in [6, 6.07) is -1.18. The number of hydrogen-bond donors (Lipinski definition) is 0. The fourth-order valence-electron chi connectivity index (χ4n) is 2.91. The van der Waals surface area contributed by atoms with E-state index < -0.39 is 35.7 Å². The number of carbonyl (C=O) groups excluding carboxylic acids is 3. The summed E-state index contributed by atoms with van der Waals surface area (Å²) in [5, 5.41) is 11.8. The van der Waals surface area contributed by atoms with Gasteiger partial charge in [0.15, 0.2) is 0 Å². The number of hydrogen-bond acceptors (Lipinski definition) is 4. The Bertz CT molecular complexity index is 486. The summed E-state index contributed by atoms with van der Waals surface area (Å²) < 4.78 is 0. The Labute approximate surface area is 122 Å². The highest BCUT2D eigenvalue weighted by Crippen LogP contribution is 2.40. The predicted octanol–water partition coefficient (Wildman–Crippen LogP) is 0.669. The van der Waals surface area contributed by atoms with Crippen LogP contribution in [0.5, 0.6) is 0 Å². The van der Waals surface area contributed by atoms with Crippen molar-refractivity contribution in [3.05, 3.63) is 11.1 Å². The maximum absolute atomic E-state index is 12.4. The molecule has 5 nitrogen and oxygen atoms in total. The van der Waals surface area contributed by atoms with Crippen molar-refractivity contribution in [3.63, 3.8) is 0 Å². The number of halogens is 1. The van der Waals surface area contributed by atoms with E-state index in [1.165, 1.54) is 0 Å². The molecule has 0 aromatic carbocycles. The van der Waals surface area contributed by atoms with Crippen LogP contribution in [0.2, 0.25) is 0 Å². The molecule has 1 saturated heterocycles. The number of nitrogens with zero attached hydrogens (tertiary/aromatic N) is 1. The van der Waals surface area contributed by atoms with Gasteiger partial charge in [-0.3, -0.25) is 14.5 Å². The molecule has 2 aliphatic rings. The van der Waals surface area contributed by atoms with Crippen LogP contribution in [0.3, 0.4) is 0 Å². The molecular weight excluding hydrogens is 282 g/mol. The van der Waals surface area contributed by atoms with E-state index in [1.807, 2.05) is 13.8 Å². The van der Waals surface area contributed by atoms with Crippen molar-refractivity contribution in [1.29, 1.82) is 0 Å². The lowest BCUT2D eigenvalue weighted by Crippen LogP contribution is -2.51. The molecule has 6 heteroatoms. The third-order valence-electron chi connectivity index (χ3n) is 3.88. The van der Waals surface area contributed by atoms with Crippen molar-refractivity contribution in [1.82, 2.24) is 4.90 Å². The number of allylic oxidation sites excluding steroid dienone is 2. The van der Waals surface area contributed by atoms with Gasteiger partial charge in [-0.05, 0) is 25.2 Å². The Morgan fingerprint density at radius 2 is 2.00 bits per heavy atom. The normalized spacial score (nSPS) is 27.6. The Morgan fingerprint density at radius 1 is 1.40 bits per heavy atom. The maximum Gasteiger partial charge on any atom is 0.234 e. The minimum Gasteiger partial charge on any atom is -0.548 e. The highest BCUT2D eigenvalue weighted by molar-refractivity contribution is 6.30. The van der Waals surface area contributed by atoms with Crippen molar-refractivity contribution in [2.75, 3.05) is 0 Å². The lowest BCUT2D eigenvalue weighted by Gasteiger charge is -2.28. The lowest BCUT2D eigenvalue weighted by molar-refractivity contribution is -0.311. The van der Waals surface area contributed by atoms with Gasteiger partial charge in [-0.2, -0.15) is 0 Å². The van der Waals surface area contributed by atoms with Crippen LogP contribution >= 0.6 is 11.6 Å². The lowest BCUT2D eigenvalue weighted by atomic mass is 9.85. The number of carboxylic acids is 1. The van der Waals surface area contributed by atoms with Gasteiger partial charge in [-0.25, -0.2) is 0 Å². The average Bonchev–Trinajstić information content (AvgIpc) is 2.58. The second-order valence-corrected chi connectivity index (χ2v) is 6.30. The van der Waals surface area contributed by atoms with Crippen LogP contribution in [0.25, 0.3) is 0 Å². The van der Waals surface area contributed by atoms with Gasteiger partial charge in [0, 0.05) is 5.03 Å². The second kappa shape index (κ2) is 5.56. The number of carbonyl (C=O) groups is 3. The van der Waals surface area contributed by atoms with E-state index in [0.717, 1.165) is 4.90 Å². The van der Waals surface area contributed by atoms with Crippen LogP contribution in [0.15, 0.2) is 11.1 Å². The Balaban J connectivity index is 2.27. The van der Waals surface area contributed by atoms with Crippen molar-refractivity contribution in [2.24, 2.45) is 17.8 Å². The van der Waals surface area contributed by atoms with E-state index in [0.29, 0.717) is 17.9 Å². The molecule has 1 heterocycles. The molecule has 0 saturated carbocycles. The van der Waals surface area contributed by atoms with E-state index >= 15 is 0 Å². The first-order valence-electron chi connectivity index (χ1n) is 6.75. The van der Waals surface area contributed by atoms with Gasteiger partial charge in [-0.1, -0.05) is 31.5 Å². The number of likely N-dealkylation sites (tertiary alicyclic amines) is 1. The average molecular weight is 299 g/mol. The zero-order valence-corrected chi connectivity index (χ0v) is 12.2. The molecule has 1 aliphatic heterocycles. The third-order valence-corrected chi connectivity index (χ3v) is 4.19. The number of carboxylic acid groups (broad SMARTS) is 1. The molecule has 2 amide bonds. The predicted molar refractivity (Wildman–Crippen MR) is 70.3 cm³/mol. The van der Waals surface area contributed by atoms with Crippen LogP contribution in [0.4, 0.5) is 0 Å². The smallest absolute Gasteiger partial charge is 0.234 e. The van der Waals surface area contributed by atoms with E-state index in [-0.39, 0.29) is 12.3 Å². The zero-order valence-electron chi connectivity index (χ0n) is 11.5. The minimum atomic E-state index is -1.38. The zero-order chi connectivity index (χ0) is 15.0. The third kappa shape index (κ3) is 2.59. The van der Waals surface area contributed by atoms with Crippen LogP contribution in [-0.4, -0.2) is 28.7 Å². The van der Waals surface area contributed by atoms with Crippen molar-refractivity contribution in [2.45, 2.75) is 39.2 Å². The SMILES string of the molecule is CC(C)C[C@H](C(=O)[O-])N1C(=O)[C@H]2CC=C(Cl)C[C@@H]2C1=O. The quantitative estimate of drug-likeness (QED) is 0.715. The fourth-order valence-corrected chi connectivity index (χ4v) is 3.17. The van der Waals surface area contributed by atoms with Crippen molar-refractivity contribution < 1.29 is 19.5 Å². The summed E-state index contributed by atoms with van der Waals surface area (Å²) in [5.41, 5.74) is 0. The molecular formula is C14H17ClNO4-. The van der Waals surface area contributed by atoms with Crippen LogP contribution < -0.4 is 5.11 Å². The highest BCUT2D eigenvalue weighted by Gasteiger charge is 2.50. The molecule has 1 fully saturated rings. The molecule has 0 unspecified atom stereocenters. The number of rotatable bonds is 4. The van der Waals surface area contributed by atoms with E-state index in [1.54, 1.807) is 6.08 Å². The van der Waals surface area contributed by atoms with Gasteiger partial charge >= 0.3 is 0 Å². The Morgan fingerprint density at radius 3 is 2.55 bits per heavy atom. The highest BCUT2D eigenvalue weighted by atomic mass is 35.5. The molecule has 2 rings (SSSR count). The summed E-state index contributed by atoms with van der Waals surface area (Å²) in [6.07, 6.45) is 2.65. The summed E-state index contributed by atoms with van der Waals surface area (Å²) >= 11 is 5.92. The van der Waals surface area contributed by atoms with Gasteiger partial charge < -0.3 is 9.90 Å². The summed E-state index contributed by atoms with van der Waals surface area (Å²) in [6.45, 7) is 3.68. The molecule has 110 valence electrons. The van der Waals surface area contributed by atoms with E-state index in [4.69, 9.17) is 11.6 Å². The number of aliphatic carboxylic acids is 1. The monoisotopic (exact) mass is 298 g/mol. The van der Waals surface area contributed by atoms with Crippen LogP contribution in [0.1, 0.15) is 33.1 Å². The second-order valence-electron chi connectivity index (χ2n) is 5.81. The Kier molecular flexibility index (Phi) is 4.18. The summed E-state index contributed by atoms with van der Waals surface area (Å²) in [5.74, 6) is -3.16. The molecule has 1 aliphatic carbocycles. The van der Waals surface area contributed by atoms with Gasteiger partial charge in [0.2, 0.25) is 11.8 Å². The number of imide groups is 1. The number of fused-ring (bicyclic) bond motifs is 1. The molecule has 0 bridgehead atoms. The van der Waals surface area contributed by atoms with Crippen LogP contribution in [-0.2, 0) is 14.4 Å². The van der Waals surface area contributed by atoms with E-state index in [2.05, 4.69) is 0 Å². The van der Waals surface area contributed by atoms with Crippen LogP contribution in [0, 0.1) is 17.8 Å². The summed E-state index contributed by atoms with van der Waals surface area (Å²) in [7, 11) is 0. The maximum atomic E-state index is 12.4. The topological polar surface area (TPSA) is 77.5 Å².